The lowest BCUT2D eigenvalue weighted by Gasteiger charge is -2.06. The fraction of sp³-hybridized carbons (Fsp3) is 0.167. The quantitative estimate of drug-likeness (QED) is 0.677. The number of aromatic amines is 1. The van der Waals surface area contributed by atoms with Crippen LogP contribution in [0.15, 0.2) is 59.8 Å². The summed E-state index contributed by atoms with van der Waals surface area (Å²) < 4.78 is 0. The van der Waals surface area contributed by atoms with Crippen LogP contribution < -0.4 is 5.32 Å². The summed E-state index contributed by atoms with van der Waals surface area (Å²) in [5.41, 5.74) is 3.27. The van der Waals surface area contributed by atoms with Gasteiger partial charge in [-0.15, -0.1) is 5.10 Å². The second kappa shape index (κ2) is 7.79. The van der Waals surface area contributed by atoms with Crippen LogP contribution in [0.1, 0.15) is 11.1 Å². The number of benzene rings is 2. The Hall–Kier alpha value is -2.60. The Morgan fingerprint density at radius 1 is 1.12 bits per heavy atom. The number of thioether (sulfide) groups is 1. The van der Waals surface area contributed by atoms with Gasteiger partial charge in [-0.3, -0.25) is 9.89 Å². The third kappa shape index (κ3) is 4.23. The normalized spacial score (nSPS) is 10.5. The smallest absolute Gasteiger partial charge is 0.230 e. The zero-order valence-corrected chi connectivity index (χ0v) is 14.1. The molecule has 24 heavy (non-hydrogen) atoms. The minimum atomic E-state index is -0.0330. The van der Waals surface area contributed by atoms with Crippen LogP contribution in [0.5, 0.6) is 0 Å². The number of H-pyrrole nitrogens is 1. The van der Waals surface area contributed by atoms with Crippen molar-refractivity contribution in [2.24, 2.45) is 0 Å². The molecule has 0 radical (unpaired) electrons. The molecule has 2 N–H and O–H groups in total. The number of carbonyl (C=O) groups is 1. The van der Waals surface area contributed by atoms with Gasteiger partial charge in [-0.05, 0) is 18.1 Å². The molecule has 0 aliphatic heterocycles. The topological polar surface area (TPSA) is 70.7 Å². The predicted molar refractivity (Wildman–Crippen MR) is 95.6 cm³/mol. The van der Waals surface area contributed by atoms with Crippen molar-refractivity contribution in [2.45, 2.75) is 18.6 Å². The number of carbonyl (C=O) groups excluding carboxylic acids is 1. The molecule has 2 aromatic carbocycles. The van der Waals surface area contributed by atoms with Crippen molar-refractivity contribution in [1.29, 1.82) is 0 Å². The van der Waals surface area contributed by atoms with Crippen molar-refractivity contribution in [3.63, 3.8) is 0 Å². The van der Waals surface area contributed by atoms with Gasteiger partial charge in [-0.2, -0.15) is 0 Å². The van der Waals surface area contributed by atoms with E-state index in [-0.39, 0.29) is 11.7 Å². The summed E-state index contributed by atoms with van der Waals surface area (Å²) in [4.78, 5) is 16.4. The van der Waals surface area contributed by atoms with Gasteiger partial charge in [-0.1, -0.05) is 66.4 Å². The molecule has 0 saturated carbocycles. The lowest BCUT2D eigenvalue weighted by atomic mass is 10.1. The summed E-state index contributed by atoms with van der Waals surface area (Å²) in [7, 11) is 0. The van der Waals surface area contributed by atoms with Gasteiger partial charge in [-0.25, -0.2) is 4.98 Å². The SMILES string of the molecule is Cc1ccccc1CNC(=O)CSc1n[nH]c(-c2ccccc2)n1. The summed E-state index contributed by atoms with van der Waals surface area (Å²) in [6.45, 7) is 2.57. The van der Waals surface area contributed by atoms with E-state index in [1.165, 1.54) is 17.3 Å². The van der Waals surface area contributed by atoms with Crippen molar-refractivity contribution in [3.05, 3.63) is 65.7 Å². The highest BCUT2D eigenvalue weighted by molar-refractivity contribution is 7.99. The molecule has 5 nitrogen and oxygen atoms in total. The number of hydrogen-bond donors (Lipinski definition) is 2. The molecule has 3 rings (SSSR count). The first kappa shape index (κ1) is 16.3. The van der Waals surface area contributed by atoms with Crippen LogP contribution in [0.3, 0.4) is 0 Å². The Morgan fingerprint density at radius 2 is 1.88 bits per heavy atom. The zero-order valence-electron chi connectivity index (χ0n) is 13.3. The first-order chi connectivity index (χ1) is 11.7. The van der Waals surface area contributed by atoms with Crippen molar-refractivity contribution >= 4 is 17.7 Å². The molecule has 0 aliphatic rings. The maximum absolute atomic E-state index is 12.0. The van der Waals surface area contributed by atoms with E-state index in [0.717, 1.165) is 11.1 Å². The molecule has 0 atom stereocenters. The molecule has 3 aromatic rings. The Morgan fingerprint density at radius 3 is 2.67 bits per heavy atom. The van der Waals surface area contributed by atoms with Crippen LogP contribution >= 0.6 is 11.8 Å². The molecule has 1 aromatic heterocycles. The lowest BCUT2D eigenvalue weighted by Crippen LogP contribution is -2.24. The number of hydrogen-bond acceptors (Lipinski definition) is 4. The molecular weight excluding hydrogens is 320 g/mol. The van der Waals surface area contributed by atoms with Gasteiger partial charge in [0.1, 0.15) is 0 Å². The van der Waals surface area contributed by atoms with Gasteiger partial charge >= 0.3 is 0 Å². The molecular formula is C18H18N4OS. The molecule has 0 bridgehead atoms. The maximum Gasteiger partial charge on any atom is 0.230 e. The monoisotopic (exact) mass is 338 g/mol. The van der Waals surface area contributed by atoms with E-state index in [1.54, 1.807) is 0 Å². The minimum absolute atomic E-state index is 0.0330. The molecule has 122 valence electrons. The van der Waals surface area contributed by atoms with Crippen LogP contribution in [-0.4, -0.2) is 26.8 Å². The third-order valence-corrected chi connectivity index (χ3v) is 4.43. The Kier molecular flexibility index (Phi) is 5.28. The Labute approximate surface area is 144 Å². The van der Waals surface area contributed by atoms with Gasteiger partial charge in [0.05, 0.1) is 5.75 Å². The molecule has 1 heterocycles. The van der Waals surface area contributed by atoms with Gasteiger partial charge < -0.3 is 5.32 Å². The fourth-order valence-electron chi connectivity index (χ4n) is 2.22. The molecule has 0 saturated heterocycles. The highest BCUT2D eigenvalue weighted by Gasteiger charge is 2.09. The van der Waals surface area contributed by atoms with Crippen LogP contribution in [0, 0.1) is 6.92 Å². The van der Waals surface area contributed by atoms with Crippen molar-refractivity contribution in [1.82, 2.24) is 20.5 Å². The highest BCUT2D eigenvalue weighted by Crippen LogP contribution is 2.18. The number of nitrogens with zero attached hydrogens (tertiary/aromatic N) is 2. The van der Waals surface area contributed by atoms with Crippen LogP contribution in [0.25, 0.3) is 11.4 Å². The van der Waals surface area contributed by atoms with Crippen molar-refractivity contribution < 1.29 is 4.79 Å². The van der Waals surface area contributed by atoms with Crippen LogP contribution in [0.4, 0.5) is 0 Å². The van der Waals surface area contributed by atoms with Crippen molar-refractivity contribution in [2.75, 3.05) is 5.75 Å². The number of rotatable bonds is 6. The molecule has 1 amide bonds. The highest BCUT2D eigenvalue weighted by atomic mass is 32.2. The standard InChI is InChI=1S/C18H18N4OS/c1-13-7-5-6-10-15(13)11-19-16(23)12-24-18-20-17(21-22-18)14-8-3-2-4-9-14/h2-10H,11-12H2,1H3,(H,19,23)(H,20,21,22). The molecule has 6 heteroatoms. The summed E-state index contributed by atoms with van der Waals surface area (Å²) in [6, 6.07) is 17.8. The summed E-state index contributed by atoms with van der Waals surface area (Å²) in [6.07, 6.45) is 0. The number of aryl methyl sites for hydroxylation is 1. The molecule has 0 fully saturated rings. The van der Waals surface area contributed by atoms with Crippen molar-refractivity contribution in [3.8, 4) is 11.4 Å². The fourth-order valence-corrected chi connectivity index (χ4v) is 2.85. The maximum atomic E-state index is 12.0. The van der Waals surface area contributed by atoms with E-state index < -0.39 is 0 Å². The lowest BCUT2D eigenvalue weighted by molar-refractivity contribution is -0.118. The van der Waals surface area contributed by atoms with E-state index in [2.05, 4.69) is 20.5 Å². The van der Waals surface area contributed by atoms with E-state index in [1.807, 2.05) is 61.5 Å². The average molecular weight is 338 g/mol. The van der Waals surface area contributed by atoms with Gasteiger partial charge in [0.15, 0.2) is 5.82 Å². The minimum Gasteiger partial charge on any atom is -0.351 e. The first-order valence-corrected chi connectivity index (χ1v) is 8.63. The predicted octanol–water partition coefficient (Wildman–Crippen LogP) is 3.19. The van der Waals surface area contributed by atoms with Gasteiger partial charge in [0.2, 0.25) is 11.1 Å². The number of amides is 1. The Balaban J connectivity index is 1.50. The molecule has 0 unspecified atom stereocenters. The van der Waals surface area contributed by atoms with Gasteiger partial charge in [0.25, 0.3) is 0 Å². The molecule has 0 aliphatic carbocycles. The van der Waals surface area contributed by atoms with E-state index >= 15 is 0 Å². The number of nitrogens with one attached hydrogen (secondary N) is 2. The molecule has 0 spiro atoms. The third-order valence-electron chi connectivity index (χ3n) is 3.58. The Bertz CT molecular complexity index is 817. The van der Waals surface area contributed by atoms with E-state index in [4.69, 9.17) is 0 Å². The van der Waals surface area contributed by atoms with Crippen LogP contribution in [-0.2, 0) is 11.3 Å². The first-order valence-electron chi connectivity index (χ1n) is 7.64. The second-order valence-electron chi connectivity index (χ2n) is 5.32. The summed E-state index contributed by atoms with van der Waals surface area (Å²) >= 11 is 1.32. The average Bonchev–Trinajstić information content (AvgIpc) is 3.09. The van der Waals surface area contributed by atoms with E-state index in [0.29, 0.717) is 17.5 Å². The summed E-state index contributed by atoms with van der Waals surface area (Å²) in [5.74, 6) is 0.963. The zero-order chi connectivity index (χ0) is 16.8. The summed E-state index contributed by atoms with van der Waals surface area (Å²) in [5, 5.41) is 10.5. The number of aromatic nitrogens is 3. The largest absolute Gasteiger partial charge is 0.351 e. The van der Waals surface area contributed by atoms with Crippen LogP contribution in [0.2, 0.25) is 0 Å². The van der Waals surface area contributed by atoms with E-state index in [9.17, 15) is 4.79 Å². The second-order valence-corrected chi connectivity index (χ2v) is 6.27. The van der Waals surface area contributed by atoms with Gasteiger partial charge in [0, 0.05) is 12.1 Å².